The Bertz CT molecular complexity index is 527. The number of nitrogens with zero attached hydrogens (tertiary/aromatic N) is 4. The summed E-state index contributed by atoms with van der Waals surface area (Å²) in [6, 6.07) is 4.68. The first-order chi connectivity index (χ1) is 9.18. The molecule has 2 rings (SSSR count). The fourth-order valence-electron chi connectivity index (χ4n) is 1.47. The molecule has 0 bridgehead atoms. The van der Waals surface area contributed by atoms with Gasteiger partial charge in [0.1, 0.15) is 5.82 Å². The van der Waals surface area contributed by atoms with E-state index >= 15 is 0 Å². The third-order valence-electron chi connectivity index (χ3n) is 2.45. The van der Waals surface area contributed by atoms with Gasteiger partial charge in [-0.1, -0.05) is 29.4 Å². The Balaban J connectivity index is 1.74. The lowest BCUT2D eigenvalue weighted by atomic mass is 10.2. The zero-order valence-electron chi connectivity index (χ0n) is 10.3. The van der Waals surface area contributed by atoms with Gasteiger partial charge in [0.15, 0.2) is 0 Å². The molecule has 0 radical (unpaired) electrons. The molecule has 0 aliphatic rings. The van der Waals surface area contributed by atoms with Crippen LogP contribution in [-0.2, 0) is 13.6 Å². The van der Waals surface area contributed by atoms with Gasteiger partial charge < -0.3 is 5.32 Å². The lowest BCUT2D eigenvalue weighted by Crippen LogP contribution is -2.17. The third kappa shape index (κ3) is 3.89. The average molecular weight is 302 g/mol. The zero-order chi connectivity index (χ0) is 13.7. The van der Waals surface area contributed by atoms with Gasteiger partial charge in [-0.15, -0.1) is 5.10 Å². The summed E-state index contributed by atoms with van der Waals surface area (Å²) in [6.07, 6.45) is 0. The normalized spacial score (nSPS) is 10.9. The van der Waals surface area contributed by atoms with Crippen LogP contribution in [-0.4, -0.2) is 32.5 Å². The standard InChI is InChI=1S/C11H13ClFN5S/c1-18-11(15-16-17-18)19-6-5-14-7-8-9(12)3-2-4-10(8)13/h2-4,14H,5-7H2,1H3. The molecule has 0 fully saturated rings. The second kappa shape index (κ2) is 6.83. The fraction of sp³-hybridized carbons (Fsp3) is 0.364. The number of hydrogen-bond donors (Lipinski definition) is 1. The van der Waals surface area contributed by atoms with E-state index in [-0.39, 0.29) is 5.82 Å². The molecule has 0 aliphatic carbocycles. The van der Waals surface area contributed by atoms with E-state index in [9.17, 15) is 4.39 Å². The summed E-state index contributed by atoms with van der Waals surface area (Å²) < 4.78 is 15.1. The lowest BCUT2D eigenvalue weighted by Gasteiger charge is -2.07. The number of thioether (sulfide) groups is 1. The summed E-state index contributed by atoms with van der Waals surface area (Å²) in [7, 11) is 1.79. The minimum Gasteiger partial charge on any atom is -0.312 e. The second-order valence-corrected chi connectivity index (χ2v) is 5.28. The van der Waals surface area contributed by atoms with Crippen LogP contribution in [0.4, 0.5) is 4.39 Å². The number of rotatable bonds is 6. The molecular weight excluding hydrogens is 289 g/mol. The van der Waals surface area contributed by atoms with Gasteiger partial charge >= 0.3 is 0 Å². The van der Waals surface area contributed by atoms with Crippen LogP contribution in [0.15, 0.2) is 23.4 Å². The van der Waals surface area contributed by atoms with Crippen molar-refractivity contribution in [2.24, 2.45) is 7.05 Å². The molecule has 1 N–H and O–H groups in total. The first-order valence-corrected chi connectivity index (χ1v) is 7.03. The molecular formula is C11H13ClFN5S. The van der Waals surface area contributed by atoms with Crippen molar-refractivity contribution in [1.29, 1.82) is 0 Å². The number of aromatic nitrogens is 4. The van der Waals surface area contributed by atoms with Crippen molar-refractivity contribution >= 4 is 23.4 Å². The molecule has 0 saturated carbocycles. The maximum atomic E-state index is 13.5. The third-order valence-corrected chi connectivity index (χ3v) is 3.82. The predicted molar refractivity (Wildman–Crippen MR) is 72.6 cm³/mol. The van der Waals surface area contributed by atoms with Crippen molar-refractivity contribution in [3.63, 3.8) is 0 Å². The summed E-state index contributed by atoms with van der Waals surface area (Å²) in [5, 5.41) is 15.5. The van der Waals surface area contributed by atoms with Gasteiger partial charge in [-0.05, 0) is 22.6 Å². The molecule has 102 valence electrons. The van der Waals surface area contributed by atoms with Gasteiger partial charge in [0.25, 0.3) is 0 Å². The molecule has 1 heterocycles. The monoisotopic (exact) mass is 301 g/mol. The number of aryl methyl sites for hydroxylation is 1. The molecule has 1 aromatic heterocycles. The van der Waals surface area contributed by atoms with Crippen molar-refractivity contribution in [1.82, 2.24) is 25.5 Å². The highest BCUT2D eigenvalue weighted by molar-refractivity contribution is 7.99. The highest BCUT2D eigenvalue weighted by Gasteiger charge is 2.06. The van der Waals surface area contributed by atoms with Gasteiger partial charge in [-0.25, -0.2) is 9.07 Å². The van der Waals surface area contributed by atoms with Crippen molar-refractivity contribution in [3.05, 3.63) is 34.6 Å². The number of tetrazole rings is 1. The van der Waals surface area contributed by atoms with Gasteiger partial charge in [0, 0.05) is 36.5 Å². The highest BCUT2D eigenvalue weighted by atomic mass is 35.5. The lowest BCUT2D eigenvalue weighted by molar-refractivity contribution is 0.594. The van der Waals surface area contributed by atoms with Crippen LogP contribution < -0.4 is 5.32 Å². The van der Waals surface area contributed by atoms with E-state index in [1.54, 1.807) is 23.9 Å². The average Bonchev–Trinajstić information content (AvgIpc) is 2.78. The summed E-state index contributed by atoms with van der Waals surface area (Å²) in [5.41, 5.74) is 0.495. The Morgan fingerprint density at radius 3 is 3.00 bits per heavy atom. The Labute approximate surface area is 119 Å². The number of benzene rings is 1. The van der Waals surface area contributed by atoms with Crippen molar-refractivity contribution in [3.8, 4) is 0 Å². The van der Waals surface area contributed by atoms with Crippen LogP contribution in [0.5, 0.6) is 0 Å². The number of nitrogens with one attached hydrogen (secondary N) is 1. The Morgan fingerprint density at radius 1 is 1.47 bits per heavy atom. The van der Waals surface area contributed by atoms with E-state index in [4.69, 9.17) is 11.6 Å². The quantitative estimate of drug-likeness (QED) is 0.652. The summed E-state index contributed by atoms with van der Waals surface area (Å²) in [6.45, 7) is 1.12. The molecule has 0 atom stereocenters. The van der Waals surface area contributed by atoms with Crippen LogP contribution in [0.25, 0.3) is 0 Å². The van der Waals surface area contributed by atoms with Crippen LogP contribution in [0.1, 0.15) is 5.56 Å². The van der Waals surface area contributed by atoms with E-state index in [2.05, 4.69) is 20.8 Å². The molecule has 0 spiro atoms. The van der Waals surface area contributed by atoms with Crippen molar-refractivity contribution in [2.75, 3.05) is 12.3 Å². The van der Waals surface area contributed by atoms with Crippen LogP contribution in [0, 0.1) is 5.82 Å². The smallest absolute Gasteiger partial charge is 0.209 e. The Morgan fingerprint density at radius 2 is 2.32 bits per heavy atom. The van der Waals surface area contributed by atoms with E-state index in [0.29, 0.717) is 23.7 Å². The minimum atomic E-state index is -0.287. The van der Waals surface area contributed by atoms with E-state index in [0.717, 1.165) is 10.9 Å². The largest absolute Gasteiger partial charge is 0.312 e. The van der Waals surface area contributed by atoms with Crippen LogP contribution >= 0.6 is 23.4 Å². The summed E-state index contributed by atoms with van der Waals surface area (Å²) >= 11 is 7.46. The van der Waals surface area contributed by atoms with E-state index in [1.807, 2.05) is 0 Å². The van der Waals surface area contributed by atoms with E-state index in [1.165, 1.54) is 17.8 Å². The van der Waals surface area contributed by atoms with Crippen molar-refractivity contribution < 1.29 is 4.39 Å². The van der Waals surface area contributed by atoms with Gasteiger partial charge in [-0.3, -0.25) is 0 Å². The Kier molecular flexibility index (Phi) is 5.12. The first kappa shape index (κ1) is 14.2. The van der Waals surface area contributed by atoms with Gasteiger partial charge in [0.2, 0.25) is 5.16 Å². The second-order valence-electron chi connectivity index (χ2n) is 3.81. The summed E-state index contributed by atoms with van der Waals surface area (Å²) in [5.74, 6) is 0.505. The number of halogens is 2. The van der Waals surface area contributed by atoms with Gasteiger partial charge in [-0.2, -0.15) is 0 Å². The molecule has 8 heteroatoms. The zero-order valence-corrected chi connectivity index (χ0v) is 11.9. The molecule has 0 unspecified atom stereocenters. The van der Waals surface area contributed by atoms with Gasteiger partial charge in [0.05, 0.1) is 0 Å². The highest BCUT2D eigenvalue weighted by Crippen LogP contribution is 2.18. The molecule has 19 heavy (non-hydrogen) atoms. The molecule has 2 aromatic rings. The minimum absolute atomic E-state index is 0.287. The molecule has 0 aliphatic heterocycles. The fourth-order valence-corrected chi connectivity index (χ4v) is 2.45. The summed E-state index contributed by atoms with van der Waals surface area (Å²) in [4.78, 5) is 0. The van der Waals surface area contributed by atoms with Crippen molar-refractivity contribution in [2.45, 2.75) is 11.7 Å². The van der Waals surface area contributed by atoms with Crippen LogP contribution in [0.2, 0.25) is 5.02 Å². The number of hydrogen-bond acceptors (Lipinski definition) is 5. The maximum absolute atomic E-state index is 13.5. The molecule has 0 amide bonds. The Hall–Kier alpha value is -1.18. The molecule has 1 aromatic carbocycles. The first-order valence-electron chi connectivity index (χ1n) is 5.67. The predicted octanol–water partition coefficient (Wildman–Crippen LogP) is 1.88. The molecule has 5 nitrogen and oxygen atoms in total. The van der Waals surface area contributed by atoms with E-state index < -0.39 is 0 Å². The maximum Gasteiger partial charge on any atom is 0.209 e. The topological polar surface area (TPSA) is 55.6 Å². The molecule has 0 saturated heterocycles. The van der Waals surface area contributed by atoms with Crippen LogP contribution in [0.3, 0.4) is 0 Å². The SMILES string of the molecule is Cn1nnnc1SCCNCc1c(F)cccc1Cl.